The molecule has 0 aliphatic heterocycles. The summed E-state index contributed by atoms with van der Waals surface area (Å²) in [4.78, 5) is 0. The van der Waals surface area contributed by atoms with E-state index >= 15 is 0 Å². The molecule has 0 spiro atoms. The van der Waals surface area contributed by atoms with Gasteiger partial charge in [0, 0.05) is 5.92 Å². The van der Waals surface area contributed by atoms with Crippen molar-refractivity contribution in [1.29, 1.82) is 0 Å². The average Bonchev–Trinajstić information content (AvgIpc) is 3.21. The van der Waals surface area contributed by atoms with E-state index in [1.807, 2.05) is 0 Å². The van der Waals surface area contributed by atoms with Crippen molar-refractivity contribution in [2.45, 2.75) is 71.1 Å². The third kappa shape index (κ3) is 2.79. The van der Waals surface area contributed by atoms with Crippen LogP contribution < -0.4 is 0 Å². The van der Waals surface area contributed by atoms with E-state index in [1.54, 1.807) is 12.0 Å². The van der Waals surface area contributed by atoms with E-state index in [9.17, 15) is 0 Å². The largest absolute Gasteiger partial charge is 0.0764 e. The SMILES string of the molecule is CC1CC2C(C)C3CCCCC3CC2C1CCC1C=Cc2ccccc21. The molecule has 0 heteroatoms. The molecule has 26 heavy (non-hydrogen) atoms. The Morgan fingerprint density at radius 2 is 1.73 bits per heavy atom. The molecular formula is C26H36. The van der Waals surface area contributed by atoms with Gasteiger partial charge in [0.15, 0.2) is 0 Å². The fourth-order valence-electron chi connectivity index (χ4n) is 7.81. The minimum Gasteiger partial charge on any atom is -0.0764 e. The summed E-state index contributed by atoms with van der Waals surface area (Å²) >= 11 is 0. The molecule has 8 atom stereocenters. The first-order valence-electron chi connectivity index (χ1n) is 11.5. The molecule has 0 bridgehead atoms. The molecule has 140 valence electrons. The van der Waals surface area contributed by atoms with Crippen LogP contribution in [0.25, 0.3) is 6.08 Å². The van der Waals surface area contributed by atoms with Crippen LogP contribution >= 0.6 is 0 Å². The van der Waals surface area contributed by atoms with Gasteiger partial charge in [-0.25, -0.2) is 0 Å². The van der Waals surface area contributed by atoms with Gasteiger partial charge in [-0.3, -0.25) is 0 Å². The highest BCUT2D eigenvalue weighted by Gasteiger charge is 2.50. The van der Waals surface area contributed by atoms with E-state index in [2.05, 4.69) is 50.3 Å². The molecule has 4 aliphatic carbocycles. The standard InChI is InChI=1S/C26H36/c1-17-15-25-18(2)23-9-5-4-8-21(23)16-26(25)22(17)14-13-20-12-11-19-7-3-6-10-24(19)20/h3,6-7,10-12,17-18,20-23,25-26H,4-5,8-9,13-16H2,1-2H3. The second kappa shape index (κ2) is 6.84. The van der Waals surface area contributed by atoms with Crippen molar-refractivity contribution in [3.63, 3.8) is 0 Å². The van der Waals surface area contributed by atoms with Crippen LogP contribution in [0.15, 0.2) is 30.3 Å². The van der Waals surface area contributed by atoms with E-state index in [0.717, 1.165) is 41.4 Å². The maximum Gasteiger partial charge on any atom is 0.00273 e. The molecule has 0 aromatic heterocycles. The van der Waals surface area contributed by atoms with Crippen molar-refractivity contribution in [3.8, 4) is 0 Å². The summed E-state index contributed by atoms with van der Waals surface area (Å²) in [5.74, 6) is 7.85. The smallest absolute Gasteiger partial charge is 0.00273 e. The van der Waals surface area contributed by atoms with Crippen LogP contribution in [0.5, 0.6) is 0 Å². The minimum atomic E-state index is 0.681. The van der Waals surface area contributed by atoms with Gasteiger partial charge in [0.05, 0.1) is 0 Å². The Morgan fingerprint density at radius 3 is 2.65 bits per heavy atom. The first-order valence-corrected chi connectivity index (χ1v) is 11.5. The first-order chi connectivity index (χ1) is 12.7. The van der Waals surface area contributed by atoms with E-state index in [-0.39, 0.29) is 0 Å². The fraction of sp³-hybridized carbons (Fsp3) is 0.692. The molecule has 8 unspecified atom stereocenters. The number of fused-ring (bicyclic) bond motifs is 3. The van der Waals surface area contributed by atoms with Gasteiger partial charge in [-0.05, 0) is 84.7 Å². The molecule has 3 fully saturated rings. The van der Waals surface area contributed by atoms with Crippen LogP contribution in [0.1, 0.15) is 82.3 Å². The van der Waals surface area contributed by atoms with E-state index in [1.165, 1.54) is 50.5 Å². The molecular weight excluding hydrogens is 312 g/mol. The summed E-state index contributed by atoms with van der Waals surface area (Å²) in [7, 11) is 0. The van der Waals surface area contributed by atoms with Gasteiger partial charge in [-0.15, -0.1) is 0 Å². The molecule has 0 saturated heterocycles. The van der Waals surface area contributed by atoms with Crippen LogP contribution in [-0.2, 0) is 0 Å². The Morgan fingerprint density at radius 1 is 0.885 bits per heavy atom. The zero-order valence-corrected chi connectivity index (χ0v) is 16.7. The third-order valence-corrected chi connectivity index (χ3v) is 9.08. The number of hydrogen-bond acceptors (Lipinski definition) is 0. The van der Waals surface area contributed by atoms with Gasteiger partial charge >= 0.3 is 0 Å². The van der Waals surface area contributed by atoms with Crippen LogP contribution in [0.4, 0.5) is 0 Å². The molecule has 0 amide bonds. The molecule has 0 heterocycles. The Balaban J connectivity index is 1.29. The summed E-state index contributed by atoms with van der Waals surface area (Å²) < 4.78 is 0. The highest BCUT2D eigenvalue weighted by Crippen LogP contribution is 2.58. The molecule has 0 nitrogen and oxygen atoms in total. The van der Waals surface area contributed by atoms with Crippen LogP contribution in [0, 0.1) is 41.4 Å². The second-order valence-electron chi connectivity index (χ2n) is 10.2. The van der Waals surface area contributed by atoms with Crippen molar-refractivity contribution < 1.29 is 0 Å². The van der Waals surface area contributed by atoms with Crippen LogP contribution in [0.3, 0.4) is 0 Å². The lowest BCUT2D eigenvalue weighted by Gasteiger charge is -2.47. The monoisotopic (exact) mass is 348 g/mol. The molecule has 5 rings (SSSR count). The molecule has 1 aromatic rings. The molecule has 0 radical (unpaired) electrons. The van der Waals surface area contributed by atoms with Crippen molar-refractivity contribution in [2.24, 2.45) is 41.4 Å². The molecule has 0 N–H and O–H groups in total. The topological polar surface area (TPSA) is 0 Å². The summed E-state index contributed by atoms with van der Waals surface area (Å²) in [6, 6.07) is 9.04. The van der Waals surface area contributed by atoms with E-state index in [4.69, 9.17) is 0 Å². The fourth-order valence-corrected chi connectivity index (χ4v) is 7.81. The van der Waals surface area contributed by atoms with E-state index in [0.29, 0.717) is 5.92 Å². The number of allylic oxidation sites excluding steroid dienone is 1. The Labute approximate surface area is 160 Å². The van der Waals surface area contributed by atoms with Gasteiger partial charge < -0.3 is 0 Å². The minimum absolute atomic E-state index is 0.681. The number of benzene rings is 1. The maximum atomic E-state index is 2.63. The lowest BCUT2D eigenvalue weighted by atomic mass is 9.58. The van der Waals surface area contributed by atoms with E-state index < -0.39 is 0 Å². The molecule has 4 aliphatic rings. The summed E-state index contributed by atoms with van der Waals surface area (Å²) in [5, 5.41) is 0. The first kappa shape index (κ1) is 17.1. The summed E-state index contributed by atoms with van der Waals surface area (Å²) in [5.41, 5.74) is 3.05. The van der Waals surface area contributed by atoms with Crippen molar-refractivity contribution in [2.75, 3.05) is 0 Å². The van der Waals surface area contributed by atoms with Gasteiger partial charge in [0.25, 0.3) is 0 Å². The van der Waals surface area contributed by atoms with Gasteiger partial charge in [0.2, 0.25) is 0 Å². The zero-order valence-electron chi connectivity index (χ0n) is 16.7. The van der Waals surface area contributed by atoms with Crippen molar-refractivity contribution >= 4 is 6.08 Å². The zero-order chi connectivity index (χ0) is 17.7. The molecule has 3 saturated carbocycles. The van der Waals surface area contributed by atoms with Gasteiger partial charge in [0.1, 0.15) is 0 Å². The highest BCUT2D eigenvalue weighted by atomic mass is 14.6. The van der Waals surface area contributed by atoms with Crippen molar-refractivity contribution in [3.05, 3.63) is 41.5 Å². The highest BCUT2D eigenvalue weighted by molar-refractivity contribution is 5.62. The normalized spacial score (nSPS) is 43.8. The second-order valence-corrected chi connectivity index (χ2v) is 10.2. The number of hydrogen-bond donors (Lipinski definition) is 0. The average molecular weight is 349 g/mol. The maximum absolute atomic E-state index is 2.63. The third-order valence-electron chi connectivity index (χ3n) is 9.08. The quantitative estimate of drug-likeness (QED) is 0.537. The Hall–Kier alpha value is -1.04. The van der Waals surface area contributed by atoms with Gasteiger partial charge in [-0.2, -0.15) is 0 Å². The van der Waals surface area contributed by atoms with Crippen LogP contribution in [-0.4, -0.2) is 0 Å². The predicted molar refractivity (Wildman–Crippen MR) is 111 cm³/mol. The van der Waals surface area contributed by atoms with Gasteiger partial charge in [-0.1, -0.05) is 69.5 Å². The van der Waals surface area contributed by atoms with Crippen LogP contribution in [0.2, 0.25) is 0 Å². The Bertz CT molecular complexity index is 670. The number of rotatable bonds is 3. The summed E-state index contributed by atoms with van der Waals surface area (Å²) in [6.45, 7) is 5.21. The predicted octanol–water partition coefficient (Wildman–Crippen LogP) is 7.31. The summed E-state index contributed by atoms with van der Waals surface area (Å²) in [6.07, 6.45) is 16.9. The lowest BCUT2D eigenvalue weighted by Crippen LogP contribution is -2.39. The lowest BCUT2D eigenvalue weighted by molar-refractivity contribution is 0.0201. The molecule has 1 aromatic carbocycles. The van der Waals surface area contributed by atoms with Crippen molar-refractivity contribution in [1.82, 2.24) is 0 Å². The Kier molecular flexibility index (Phi) is 4.50.